The third-order valence-electron chi connectivity index (χ3n) is 6.14. The summed E-state index contributed by atoms with van der Waals surface area (Å²) < 4.78 is 12.2. The summed E-state index contributed by atoms with van der Waals surface area (Å²) in [7, 11) is -1.51. The largest absolute Gasteiger partial charge is 0.444 e. The van der Waals surface area contributed by atoms with Crippen LogP contribution in [0.25, 0.3) is 10.8 Å². The molecule has 6 heteroatoms. The summed E-state index contributed by atoms with van der Waals surface area (Å²) >= 11 is 0. The van der Waals surface area contributed by atoms with E-state index in [1.165, 1.54) is 4.90 Å². The van der Waals surface area contributed by atoms with Crippen LogP contribution in [-0.4, -0.2) is 49.1 Å². The SMILES string of the molecule is C[SiH](C)OC1[C@H](C(C)(C)C)CN(C(=O)OC(C)(C)C)[C@]1(O)Cc1cccc2ccccc12. The number of carbonyl (C=O) groups excluding carboxylic acids is 1. The molecule has 0 radical (unpaired) electrons. The van der Waals surface area contributed by atoms with Crippen LogP contribution in [0.5, 0.6) is 0 Å². The lowest BCUT2D eigenvalue weighted by atomic mass is 9.76. The molecule has 0 saturated carbocycles. The molecule has 1 aliphatic rings. The van der Waals surface area contributed by atoms with E-state index >= 15 is 0 Å². The van der Waals surface area contributed by atoms with Crippen molar-refractivity contribution in [1.29, 1.82) is 0 Å². The van der Waals surface area contributed by atoms with Crippen LogP contribution in [0.2, 0.25) is 13.1 Å². The molecule has 1 heterocycles. The smallest absolute Gasteiger partial charge is 0.412 e. The Bertz CT molecular complexity index is 957. The van der Waals surface area contributed by atoms with Crippen molar-refractivity contribution >= 4 is 25.9 Å². The van der Waals surface area contributed by atoms with Crippen LogP contribution in [0.1, 0.15) is 47.1 Å². The van der Waals surface area contributed by atoms with Gasteiger partial charge in [0.15, 0.2) is 14.8 Å². The lowest BCUT2D eigenvalue weighted by Crippen LogP contribution is -2.57. The molecule has 32 heavy (non-hydrogen) atoms. The highest BCUT2D eigenvalue weighted by Crippen LogP contribution is 2.45. The number of carbonyl (C=O) groups is 1. The second-order valence-electron chi connectivity index (χ2n) is 11.4. The molecule has 1 unspecified atom stereocenters. The highest BCUT2D eigenvalue weighted by Gasteiger charge is 2.59. The fourth-order valence-corrected chi connectivity index (χ4v) is 5.62. The number of ether oxygens (including phenoxy) is 1. The van der Waals surface area contributed by atoms with Gasteiger partial charge < -0.3 is 14.3 Å². The van der Waals surface area contributed by atoms with E-state index in [1.807, 2.05) is 45.0 Å². The lowest BCUT2D eigenvalue weighted by Gasteiger charge is -2.40. The van der Waals surface area contributed by atoms with Crippen molar-refractivity contribution in [1.82, 2.24) is 4.90 Å². The Labute approximate surface area is 194 Å². The Balaban J connectivity index is 2.11. The average molecular weight is 458 g/mol. The van der Waals surface area contributed by atoms with Crippen molar-refractivity contribution in [3.63, 3.8) is 0 Å². The van der Waals surface area contributed by atoms with Gasteiger partial charge in [0.1, 0.15) is 5.60 Å². The van der Waals surface area contributed by atoms with E-state index in [2.05, 4.69) is 52.1 Å². The number of likely N-dealkylation sites (tertiary alicyclic amines) is 1. The van der Waals surface area contributed by atoms with Crippen molar-refractivity contribution in [2.75, 3.05) is 6.54 Å². The Morgan fingerprint density at radius 3 is 2.31 bits per heavy atom. The van der Waals surface area contributed by atoms with Gasteiger partial charge in [-0.15, -0.1) is 0 Å². The third kappa shape index (κ3) is 5.19. The van der Waals surface area contributed by atoms with E-state index in [9.17, 15) is 9.90 Å². The van der Waals surface area contributed by atoms with E-state index in [4.69, 9.17) is 9.16 Å². The minimum Gasteiger partial charge on any atom is -0.444 e. The van der Waals surface area contributed by atoms with Crippen LogP contribution in [0, 0.1) is 11.3 Å². The van der Waals surface area contributed by atoms with Crippen molar-refractivity contribution in [2.45, 2.75) is 78.5 Å². The van der Waals surface area contributed by atoms with Crippen molar-refractivity contribution < 1.29 is 19.1 Å². The molecule has 1 saturated heterocycles. The molecule has 1 fully saturated rings. The number of hydrogen-bond acceptors (Lipinski definition) is 4. The molecule has 2 aromatic rings. The van der Waals surface area contributed by atoms with Crippen molar-refractivity contribution in [3.8, 4) is 0 Å². The summed E-state index contributed by atoms with van der Waals surface area (Å²) in [6.45, 7) is 16.6. The number of nitrogens with zero attached hydrogens (tertiary/aromatic N) is 1. The Hall–Kier alpha value is -1.89. The highest BCUT2D eigenvalue weighted by atomic mass is 28.3. The average Bonchev–Trinajstić information content (AvgIpc) is 2.93. The third-order valence-corrected chi connectivity index (χ3v) is 6.98. The van der Waals surface area contributed by atoms with Crippen LogP contribution >= 0.6 is 0 Å². The number of fused-ring (bicyclic) bond motifs is 1. The van der Waals surface area contributed by atoms with Gasteiger partial charge in [0.2, 0.25) is 0 Å². The summed E-state index contributed by atoms with van der Waals surface area (Å²) in [5.41, 5.74) is -1.31. The summed E-state index contributed by atoms with van der Waals surface area (Å²) in [5.74, 6) is -0.0232. The normalized spacial score (nSPS) is 24.4. The topological polar surface area (TPSA) is 59.0 Å². The minimum atomic E-state index is -1.51. The van der Waals surface area contributed by atoms with Gasteiger partial charge in [-0.1, -0.05) is 63.2 Å². The number of rotatable bonds is 4. The molecule has 0 bridgehead atoms. The molecule has 3 rings (SSSR count). The second-order valence-corrected chi connectivity index (χ2v) is 13.7. The fraction of sp³-hybridized carbons (Fsp3) is 0.577. The van der Waals surface area contributed by atoms with Crippen LogP contribution in [-0.2, 0) is 15.6 Å². The maximum absolute atomic E-state index is 13.3. The van der Waals surface area contributed by atoms with Gasteiger partial charge in [-0.25, -0.2) is 4.79 Å². The van der Waals surface area contributed by atoms with Gasteiger partial charge in [0.05, 0.1) is 6.10 Å². The molecule has 3 atom stereocenters. The Morgan fingerprint density at radius 1 is 1.09 bits per heavy atom. The molecule has 0 aliphatic carbocycles. The first-order valence-corrected chi connectivity index (χ1v) is 14.4. The predicted octanol–water partition coefficient (Wildman–Crippen LogP) is 5.35. The van der Waals surface area contributed by atoms with Gasteiger partial charge in [0, 0.05) is 18.9 Å². The first-order chi connectivity index (χ1) is 14.7. The number of amides is 1. The van der Waals surface area contributed by atoms with Crippen molar-refractivity contribution in [3.05, 3.63) is 48.0 Å². The maximum Gasteiger partial charge on any atom is 0.412 e. The summed E-state index contributed by atoms with van der Waals surface area (Å²) in [4.78, 5) is 14.9. The first kappa shape index (κ1) is 24.7. The minimum absolute atomic E-state index is 0.0232. The fourth-order valence-electron chi connectivity index (χ4n) is 4.62. The molecular formula is C26H39NO4Si. The second kappa shape index (κ2) is 8.80. The quantitative estimate of drug-likeness (QED) is 0.629. The zero-order valence-electron chi connectivity index (χ0n) is 20.8. The van der Waals surface area contributed by atoms with Crippen molar-refractivity contribution in [2.24, 2.45) is 11.3 Å². The monoisotopic (exact) mass is 457 g/mol. The summed E-state index contributed by atoms with van der Waals surface area (Å²) in [6.07, 6.45) is -0.696. The van der Waals surface area contributed by atoms with E-state index in [0.717, 1.165) is 16.3 Å². The molecule has 0 spiro atoms. The van der Waals surface area contributed by atoms with Gasteiger partial charge in [-0.05, 0) is 55.6 Å². The van der Waals surface area contributed by atoms with E-state index in [-0.39, 0.29) is 17.8 Å². The van der Waals surface area contributed by atoms with Crippen LogP contribution < -0.4 is 0 Å². The summed E-state index contributed by atoms with van der Waals surface area (Å²) in [5, 5.41) is 14.5. The molecular weight excluding hydrogens is 418 g/mol. The Kier molecular flexibility index (Phi) is 6.81. The summed E-state index contributed by atoms with van der Waals surface area (Å²) in [6, 6.07) is 14.2. The highest BCUT2D eigenvalue weighted by molar-refractivity contribution is 6.48. The van der Waals surface area contributed by atoms with E-state index in [1.54, 1.807) is 0 Å². The van der Waals surface area contributed by atoms with Crippen LogP contribution in [0.15, 0.2) is 42.5 Å². The molecule has 2 aromatic carbocycles. The molecule has 1 aliphatic heterocycles. The number of benzene rings is 2. The Morgan fingerprint density at radius 2 is 1.72 bits per heavy atom. The van der Waals surface area contributed by atoms with Gasteiger partial charge in [0.25, 0.3) is 0 Å². The zero-order valence-corrected chi connectivity index (χ0v) is 22.0. The molecule has 176 valence electrons. The van der Waals surface area contributed by atoms with Crippen LogP contribution in [0.3, 0.4) is 0 Å². The van der Waals surface area contributed by atoms with Crippen LogP contribution in [0.4, 0.5) is 4.79 Å². The van der Waals surface area contributed by atoms with E-state index < -0.39 is 32.6 Å². The predicted molar refractivity (Wildman–Crippen MR) is 132 cm³/mol. The zero-order chi connectivity index (χ0) is 23.9. The lowest BCUT2D eigenvalue weighted by molar-refractivity contribution is -0.136. The molecule has 5 nitrogen and oxygen atoms in total. The van der Waals surface area contributed by atoms with Gasteiger partial charge in [-0.2, -0.15) is 0 Å². The maximum atomic E-state index is 13.3. The number of hydrogen-bond donors (Lipinski definition) is 1. The molecule has 0 aromatic heterocycles. The standard InChI is InChI=1S/C26H39NO4Si/c1-24(2,3)21-17-27(23(28)30-25(4,5)6)26(29,22(21)31-32(7)8)16-19-14-11-13-18-12-9-10-15-20(18)19/h9-15,21-22,29,32H,16-17H2,1-8H3/t21-,22?,26+/m1/s1. The molecule has 1 amide bonds. The first-order valence-electron chi connectivity index (χ1n) is 11.6. The van der Waals surface area contributed by atoms with Gasteiger partial charge in [-0.3, -0.25) is 4.90 Å². The molecule has 1 N–H and O–H groups in total. The number of aliphatic hydroxyl groups is 1. The van der Waals surface area contributed by atoms with Gasteiger partial charge >= 0.3 is 6.09 Å². The van der Waals surface area contributed by atoms with E-state index in [0.29, 0.717) is 6.54 Å².